The van der Waals surface area contributed by atoms with Gasteiger partial charge in [0.2, 0.25) is 0 Å². The number of hydrogen-bond donors (Lipinski definition) is 2. The van der Waals surface area contributed by atoms with Crippen LogP contribution >= 0.6 is 0 Å². The second kappa shape index (κ2) is 6.49. The third-order valence-corrected chi connectivity index (χ3v) is 2.55. The standard InChI is InChI=1S/C14H16N4O/c1-2-16-14(19)11-4-3-5-12(8-11)18-10-13-9-15-6-7-17-13/h3-9,18H,2,10H2,1H3,(H,16,19). The van der Waals surface area contributed by atoms with Gasteiger partial charge < -0.3 is 10.6 Å². The fourth-order valence-corrected chi connectivity index (χ4v) is 1.65. The number of carbonyl (C=O) groups excluding carboxylic acids is 1. The average molecular weight is 256 g/mol. The minimum Gasteiger partial charge on any atom is -0.379 e. The van der Waals surface area contributed by atoms with E-state index in [1.807, 2.05) is 25.1 Å². The maximum atomic E-state index is 11.7. The van der Waals surface area contributed by atoms with Crippen molar-refractivity contribution in [2.75, 3.05) is 11.9 Å². The molecule has 1 amide bonds. The predicted molar refractivity (Wildman–Crippen MR) is 73.8 cm³/mol. The number of anilines is 1. The number of aromatic nitrogens is 2. The lowest BCUT2D eigenvalue weighted by atomic mass is 10.2. The highest BCUT2D eigenvalue weighted by atomic mass is 16.1. The molecule has 19 heavy (non-hydrogen) atoms. The fraction of sp³-hybridized carbons (Fsp3) is 0.214. The van der Waals surface area contributed by atoms with Gasteiger partial charge in [-0.2, -0.15) is 0 Å². The summed E-state index contributed by atoms with van der Waals surface area (Å²) in [5.41, 5.74) is 2.38. The molecule has 0 aliphatic carbocycles. The molecule has 0 unspecified atom stereocenters. The van der Waals surface area contributed by atoms with Gasteiger partial charge in [0.15, 0.2) is 0 Å². The van der Waals surface area contributed by atoms with Gasteiger partial charge in [-0.1, -0.05) is 6.07 Å². The van der Waals surface area contributed by atoms with Crippen LogP contribution in [0.15, 0.2) is 42.9 Å². The lowest BCUT2D eigenvalue weighted by Gasteiger charge is -2.08. The van der Waals surface area contributed by atoms with E-state index in [-0.39, 0.29) is 5.91 Å². The Labute approximate surface area is 112 Å². The Bertz CT molecular complexity index is 542. The summed E-state index contributed by atoms with van der Waals surface area (Å²) >= 11 is 0. The first-order valence-electron chi connectivity index (χ1n) is 6.16. The molecule has 0 radical (unpaired) electrons. The van der Waals surface area contributed by atoms with Gasteiger partial charge in [0.1, 0.15) is 0 Å². The minimum atomic E-state index is -0.0642. The van der Waals surface area contributed by atoms with Crippen LogP contribution in [-0.2, 0) is 6.54 Å². The first kappa shape index (κ1) is 13.0. The van der Waals surface area contributed by atoms with Crippen LogP contribution in [0.3, 0.4) is 0 Å². The van der Waals surface area contributed by atoms with Crippen LogP contribution < -0.4 is 10.6 Å². The number of hydrogen-bond acceptors (Lipinski definition) is 4. The topological polar surface area (TPSA) is 66.9 Å². The van der Waals surface area contributed by atoms with Gasteiger partial charge >= 0.3 is 0 Å². The number of benzene rings is 1. The van der Waals surface area contributed by atoms with Crippen LogP contribution in [0.2, 0.25) is 0 Å². The number of nitrogens with one attached hydrogen (secondary N) is 2. The van der Waals surface area contributed by atoms with Crippen molar-refractivity contribution in [3.63, 3.8) is 0 Å². The molecule has 0 fully saturated rings. The molecule has 5 heteroatoms. The van der Waals surface area contributed by atoms with Crippen LogP contribution in [-0.4, -0.2) is 22.4 Å². The first-order valence-corrected chi connectivity index (χ1v) is 6.16. The second-order valence-electron chi connectivity index (χ2n) is 3.99. The van der Waals surface area contributed by atoms with E-state index in [1.165, 1.54) is 0 Å². The smallest absolute Gasteiger partial charge is 0.251 e. The molecule has 5 nitrogen and oxygen atoms in total. The van der Waals surface area contributed by atoms with Crippen LogP contribution in [0, 0.1) is 0 Å². The predicted octanol–water partition coefficient (Wildman–Crippen LogP) is 1.84. The van der Waals surface area contributed by atoms with Crippen molar-refractivity contribution in [2.24, 2.45) is 0 Å². The Hall–Kier alpha value is -2.43. The average Bonchev–Trinajstić information content (AvgIpc) is 2.47. The number of amides is 1. The Morgan fingerprint density at radius 3 is 2.95 bits per heavy atom. The molecule has 1 heterocycles. The lowest BCUT2D eigenvalue weighted by molar-refractivity contribution is 0.0956. The maximum Gasteiger partial charge on any atom is 0.251 e. The molecule has 0 aliphatic rings. The monoisotopic (exact) mass is 256 g/mol. The second-order valence-corrected chi connectivity index (χ2v) is 3.99. The molecule has 0 saturated heterocycles. The van der Waals surface area contributed by atoms with Crippen molar-refractivity contribution >= 4 is 11.6 Å². The van der Waals surface area contributed by atoms with Crippen molar-refractivity contribution in [3.8, 4) is 0 Å². The van der Waals surface area contributed by atoms with Gasteiger partial charge in [0, 0.05) is 30.2 Å². The third kappa shape index (κ3) is 3.77. The van der Waals surface area contributed by atoms with Crippen molar-refractivity contribution < 1.29 is 4.79 Å². The van der Waals surface area contributed by atoms with Crippen LogP contribution in [0.25, 0.3) is 0 Å². The summed E-state index contributed by atoms with van der Waals surface area (Å²) in [5, 5.41) is 5.99. The zero-order valence-corrected chi connectivity index (χ0v) is 10.8. The van der Waals surface area contributed by atoms with E-state index in [9.17, 15) is 4.79 Å². The van der Waals surface area contributed by atoms with Gasteiger partial charge in [0.25, 0.3) is 5.91 Å². The van der Waals surface area contributed by atoms with Crippen LogP contribution in [0.4, 0.5) is 5.69 Å². The van der Waals surface area contributed by atoms with E-state index in [0.717, 1.165) is 11.4 Å². The highest BCUT2D eigenvalue weighted by molar-refractivity contribution is 5.95. The summed E-state index contributed by atoms with van der Waals surface area (Å²) in [6.07, 6.45) is 5.00. The van der Waals surface area contributed by atoms with E-state index < -0.39 is 0 Å². The van der Waals surface area contributed by atoms with Gasteiger partial charge in [-0.3, -0.25) is 14.8 Å². The quantitative estimate of drug-likeness (QED) is 0.856. The summed E-state index contributed by atoms with van der Waals surface area (Å²) in [6.45, 7) is 3.09. The van der Waals surface area contributed by atoms with E-state index in [2.05, 4.69) is 20.6 Å². The molecule has 0 aliphatic heterocycles. The number of carbonyl (C=O) groups is 1. The summed E-state index contributed by atoms with van der Waals surface area (Å²) in [6, 6.07) is 7.38. The zero-order valence-electron chi connectivity index (χ0n) is 10.8. The van der Waals surface area contributed by atoms with Gasteiger partial charge in [-0.25, -0.2) is 0 Å². The lowest BCUT2D eigenvalue weighted by Crippen LogP contribution is -2.22. The number of nitrogens with zero attached hydrogens (tertiary/aromatic N) is 2. The fourth-order valence-electron chi connectivity index (χ4n) is 1.65. The van der Waals surface area contributed by atoms with E-state index in [4.69, 9.17) is 0 Å². The SMILES string of the molecule is CCNC(=O)c1cccc(NCc2cnccn2)c1. The van der Waals surface area contributed by atoms with Gasteiger partial charge in [-0.15, -0.1) is 0 Å². The van der Waals surface area contributed by atoms with Crippen LogP contribution in [0.5, 0.6) is 0 Å². The molecule has 2 rings (SSSR count). The summed E-state index contributed by atoms with van der Waals surface area (Å²) < 4.78 is 0. The van der Waals surface area contributed by atoms with E-state index in [0.29, 0.717) is 18.7 Å². The van der Waals surface area contributed by atoms with Crippen molar-refractivity contribution in [3.05, 3.63) is 54.1 Å². The van der Waals surface area contributed by atoms with E-state index in [1.54, 1.807) is 24.7 Å². The maximum absolute atomic E-state index is 11.7. The van der Waals surface area contributed by atoms with Crippen molar-refractivity contribution in [2.45, 2.75) is 13.5 Å². The summed E-state index contributed by atoms with van der Waals surface area (Å²) in [5.74, 6) is -0.0642. The van der Waals surface area contributed by atoms with Crippen LogP contribution in [0.1, 0.15) is 23.0 Å². The molecule has 0 spiro atoms. The highest BCUT2D eigenvalue weighted by Gasteiger charge is 2.04. The van der Waals surface area contributed by atoms with Gasteiger partial charge in [0.05, 0.1) is 18.4 Å². The zero-order chi connectivity index (χ0) is 13.5. The molecule has 1 aromatic heterocycles. The molecular formula is C14H16N4O. The summed E-state index contributed by atoms with van der Waals surface area (Å²) in [4.78, 5) is 19.9. The van der Waals surface area contributed by atoms with Crippen molar-refractivity contribution in [1.82, 2.24) is 15.3 Å². The Kier molecular flexibility index (Phi) is 4.44. The third-order valence-electron chi connectivity index (χ3n) is 2.55. The highest BCUT2D eigenvalue weighted by Crippen LogP contribution is 2.11. The molecule has 2 aromatic rings. The molecule has 0 bridgehead atoms. The molecule has 2 N–H and O–H groups in total. The number of rotatable bonds is 5. The molecule has 0 atom stereocenters. The molecule has 0 saturated carbocycles. The van der Waals surface area contributed by atoms with Gasteiger partial charge in [-0.05, 0) is 25.1 Å². The Morgan fingerprint density at radius 1 is 1.32 bits per heavy atom. The van der Waals surface area contributed by atoms with E-state index >= 15 is 0 Å². The molecule has 98 valence electrons. The summed E-state index contributed by atoms with van der Waals surface area (Å²) in [7, 11) is 0. The molecule has 1 aromatic carbocycles. The Balaban J connectivity index is 2.01. The molecular weight excluding hydrogens is 240 g/mol. The normalized spacial score (nSPS) is 9.95. The Morgan fingerprint density at radius 2 is 2.21 bits per heavy atom. The van der Waals surface area contributed by atoms with Crippen molar-refractivity contribution in [1.29, 1.82) is 0 Å². The minimum absolute atomic E-state index is 0.0642. The largest absolute Gasteiger partial charge is 0.379 e. The first-order chi connectivity index (χ1) is 9.29.